The molecule has 1 aromatic heterocycles. The van der Waals surface area contributed by atoms with Crippen molar-refractivity contribution >= 4 is 0 Å². The van der Waals surface area contributed by atoms with E-state index >= 15 is 0 Å². The lowest BCUT2D eigenvalue weighted by Gasteiger charge is -2.25. The molecule has 64 valence electrons. The van der Waals surface area contributed by atoms with Crippen molar-refractivity contribution in [1.29, 1.82) is 0 Å². The van der Waals surface area contributed by atoms with Gasteiger partial charge in [0.15, 0.2) is 0 Å². The molecule has 0 amide bonds. The Morgan fingerprint density at radius 3 is 3.08 bits per heavy atom. The van der Waals surface area contributed by atoms with Gasteiger partial charge in [0.1, 0.15) is 6.10 Å². The second-order valence-electron chi connectivity index (χ2n) is 2.53. The summed E-state index contributed by atoms with van der Waals surface area (Å²) in [5.41, 5.74) is -0.208. The van der Waals surface area contributed by atoms with Crippen LogP contribution in [0.5, 0.6) is 5.88 Å². The number of nitrogens with one attached hydrogen (secondary N) is 1. The minimum atomic E-state index is -0.208. The number of H-pyrrole nitrogens is 1. The molecule has 0 aliphatic carbocycles. The fraction of sp³-hybridized carbons (Fsp3) is 0.429. The van der Waals surface area contributed by atoms with Gasteiger partial charge in [-0.2, -0.15) is 0 Å². The number of aromatic amines is 1. The molecule has 0 bridgehead atoms. The molecule has 2 rings (SSSR count). The van der Waals surface area contributed by atoms with Gasteiger partial charge < -0.3 is 14.5 Å². The predicted octanol–water partition coefficient (Wildman–Crippen LogP) is -0.453. The van der Waals surface area contributed by atoms with Crippen molar-refractivity contribution in [3.05, 3.63) is 22.7 Å². The highest BCUT2D eigenvalue weighted by Crippen LogP contribution is 2.09. The van der Waals surface area contributed by atoms with E-state index in [2.05, 4.69) is 9.97 Å². The van der Waals surface area contributed by atoms with Gasteiger partial charge in [0.05, 0.1) is 25.6 Å². The van der Waals surface area contributed by atoms with Gasteiger partial charge in [-0.1, -0.05) is 0 Å². The lowest BCUT2D eigenvalue weighted by molar-refractivity contribution is -0.0814. The highest BCUT2D eigenvalue weighted by molar-refractivity contribution is 5.05. The zero-order chi connectivity index (χ0) is 8.39. The van der Waals surface area contributed by atoms with Gasteiger partial charge in [0.25, 0.3) is 5.56 Å². The molecular formula is C7H8N2O3. The Hall–Kier alpha value is -1.36. The van der Waals surface area contributed by atoms with Crippen LogP contribution in [0.2, 0.25) is 0 Å². The van der Waals surface area contributed by atoms with Gasteiger partial charge in [-0.25, -0.2) is 4.98 Å². The second-order valence-corrected chi connectivity index (χ2v) is 2.53. The fourth-order valence-corrected chi connectivity index (χ4v) is 0.868. The smallest absolute Gasteiger partial charge is 0.254 e. The third-order valence-electron chi connectivity index (χ3n) is 1.55. The summed E-state index contributed by atoms with van der Waals surface area (Å²) in [7, 11) is 0. The van der Waals surface area contributed by atoms with Gasteiger partial charge in [0.2, 0.25) is 5.88 Å². The monoisotopic (exact) mass is 168 g/mol. The zero-order valence-corrected chi connectivity index (χ0v) is 6.32. The number of ether oxygens (including phenoxy) is 2. The molecule has 0 atom stereocenters. The lowest BCUT2D eigenvalue weighted by atomic mass is 10.3. The molecule has 12 heavy (non-hydrogen) atoms. The maximum Gasteiger partial charge on any atom is 0.254 e. The first-order valence-electron chi connectivity index (χ1n) is 3.64. The largest absolute Gasteiger partial charge is 0.469 e. The first-order chi connectivity index (χ1) is 5.84. The number of rotatable bonds is 2. The summed E-state index contributed by atoms with van der Waals surface area (Å²) in [5, 5.41) is 0. The summed E-state index contributed by atoms with van der Waals surface area (Å²) in [6.45, 7) is 1.16. The minimum Gasteiger partial charge on any atom is -0.469 e. The zero-order valence-electron chi connectivity index (χ0n) is 6.32. The van der Waals surface area contributed by atoms with Crippen LogP contribution < -0.4 is 10.3 Å². The Bertz CT molecular complexity index is 318. The number of aromatic nitrogens is 2. The van der Waals surface area contributed by atoms with Crippen molar-refractivity contribution in [3.8, 4) is 5.88 Å². The molecule has 0 saturated carbocycles. The molecule has 0 unspecified atom stereocenters. The average molecular weight is 168 g/mol. The quantitative estimate of drug-likeness (QED) is 0.649. The predicted molar refractivity (Wildman–Crippen MR) is 40.1 cm³/mol. The summed E-state index contributed by atoms with van der Waals surface area (Å²) in [6, 6.07) is 1.32. The lowest BCUT2D eigenvalue weighted by Crippen LogP contribution is -2.38. The average Bonchev–Trinajstić information content (AvgIpc) is 1.97. The second kappa shape index (κ2) is 2.94. The minimum absolute atomic E-state index is 0.0549. The van der Waals surface area contributed by atoms with Crippen LogP contribution in [-0.2, 0) is 4.74 Å². The first-order valence-corrected chi connectivity index (χ1v) is 3.64. The van der Waals surface area contributed by atoms with Gasteiger partial charge in [-0.3, -0.25) is 4.79 Å². The molecule has 0 aromatic carbocycles. The Morgan fingerprint density at radius 2 is 2.50 bits per heavy atom. The van der Waals surface area contributed by atoms with E-state index in [1.165, 1.54) is 12.4 Å². The van der Waals surface area contributed by atoms with Crippen molar-refractivity contribution in [2.75, 3.05) is 13.2 Å². The Labute approximate surface area is 68.3 Å². The van der Waals surface area contributed by atoms with Crippen molar-refractivity contribution < 1.29 is 9.47 Å². The Balaban J connectivity index is 2.06. The van der Waals surface area contributed by atoms with Crippen LogP contribution in [0.1, 0.15) is 0 Å². The van der Waals surface area contributed by atoms with Crippen molar-refractivity contribution in [3.63, 3.8) is 0 Å². The normalized spacial score (nSPS) is 17.0. The van der Waals surface area contributed by atoms with Crippen LogP contribution in [-0.4, -0.2) is 29.3 Å². The standard InChI is InChI=1S/C7H8N2O3/c10-6-1-7(9-4-8-6)12-5-2-11-3-5/h1,4-5H,2-3H2,(H,8,9,10). The Morgan fingerprint density at radius 1 is 1.67 bits per heavy atom. The van der Waals surface area contributed by atoms with E-state index in [0.29, 0.717) is 19.1 Å². The maximum absolute atomic E-state index is 10.8. The number of hydrogen-bond acceptors (Lipinski definition) is 4. The highest BCUT2D eigenvalue weighted by Gasteiger charge is 2.20. The fourth-order valence-electron chi connectivity index (χ4n) is 0.868. The summed E-state index contributed by atoms with van der Waals surface area (Å²) in [5.74, 6) is 0.354. The van der Waals surface area contributed by atoms with Gasteiger partial charge >= 0.3 is 0 Å². The van der Waals surface area contributed by atoms with Gasteiger partial charge in [0, 0.05) is 0 Å². The third kappa shape index (κ3) is 1.45. The van der Waals surface area contributed by atoms with Gasteiger partial charge in [-0.05, 0) is 0 Å². The van der Waals surface area contributed by atoms with Crippen molar-refractivity contribution in [2.24, 2.45) is 0 Å². The van der Waals surface area contributed by atoms with E-state index in [4.69, 9.17) is 9.47 Å². The van der Waals surface area contributed by atoms with E-state index in [0.717, 1.165) is 0 Å². The topological polar surface area (TPSA) is 64.2 Å². The number of nitrogens with zero attached hydrogens (tertiary/aromatic N) is 1. The van der Waals surface area contributed by atoms with Crippen LogP contribution in [0, 0.1) is 0 Å². The first kappa shape index (κ1) is 7.30. The van der Waals surface area contributed by atoms with E-state index in [9.17, 15) is 4.79 Å². The van der Waals surface area contributed by atoms with Crippen LogP contribution in [0.3, 0.4) is 0 Å². The van der Waals surface area contributed by atoms with Crippen molar-refractivity contribution in [1.82, 2.24) is 9.97 Å². The molecule has 1 aliphatic heterocycles. The van der Waals surface area contributed by atoms with E-state index in [-0.39, 0.29) is 11.7 Å². The van der Waals surface area contributed by atoms with Gasteiger partial charge in [-0.15, -0.1) is 0 Å². The van der Waals surface area contributed by atoms with E-state index < -0.39 is 0 Å². The van der Waals surface area contributed by atoms with Crippen LogP contribution in [0.25, 0.3) is 0 Å². The summed E-state index contributed by atoms with van der Waals surface area (Å²) in [6.07, 6.45) is 1.37. The molecule has 1 saturated heterocycles. The molecule has 1 fully saturated rings. The number of hydrogen-bond donors (Lipinski definition) is 1. The summed E-state index contributed by atoms with van der Waals surface area (Å²) in [4.78, 5) is 17.0. The molecule has 2 heterocycles. The SMILES string of the molecule is O=c1cc(OC2COC2)nc[nH]1. The third-order valence-corrected chi connectivity index (χ3v) is 1.55. The molecule has 1 aromatic rings. The van der Waals surface area contributed by atoms with E-state index in [1.807, 2.05) is 0 Å². The summed E-state index contributed by atoms with van der Waals surface area (Å²) >= 11 is 0. The van der Waals surface area contributed by atoms with Crippen LogP contribution in [0.15, 0.2) is 17.2 Å². The molecule has 0 radical (unpaired) electrons. The maximum atomic E-state index is 10.8. The molecular weight excluding hydrogens is 160 g/mol. The molecule has 5 nitrogen and oxygen atoms in total. The molecule has 1 N–H and O–H groups in total. The van der Waals surface area contributed by atoms with Crippen LogP contribution >= 0.6 is 0 Å². The van der Waals surface area contributed by atoms with E-state index in [1.54, 1.807) is 0 Å². The molecule has 1 aliphatic rings. The Kier molecular flexibility index (Phi) is 1.79. The highest BCUT2D eigenvalue weighted by atomic mass is 16.6. The van der Waals surface area contributed by atoms with Crippen molar-refractivity contribution in [2.45, 2.75) is 6.10 Å². The molecule has 5 heteroatoms. The van der Waals surface area contributed by atoms with Crippen LogP contribution in [0.4, 0.5) is 0 Å². The molecule has 0 spiro atoms. The summed E-state index contributed by atoms with van der Waals surface area (Å²) < 4.78 is 10.2.